The van der Waals surface area contributed by atoms with Crippen molar-refractivity contribution in [3.63, 3.8) is 0 Å². The average Bonchev–Trinajstić information content (AvgIpc) is 2.53. The van der Waals surface area contributed by atoms with Crippen molar-refractivity contribution >= 4 is 5.97 Å². The van der Waals surface area contributed by atoms with E-state index in [0.29, 0.717) is 12.5 Å². The number of carbonyl (C=O) groups is 1. The summed E-state index contributed by atoms with van der Waals surface area (Å²) < 4.78 is 11.1. The molecule has 0 spiro atoms. The minimum absolute atomic E-state index is 0.00253. The molecule has 0 N–H and O–H groups in total. The Kier molecular flexibility index (Phi) is 8.00. The Morgan fingerprint density at radius 1 is 1.00 bits per heavy atom. The van der Waals surface area contributed by atoms with Crippen LogP contribution in [0.2, 0.25) is 0 Å². The predicted molar refractivity (Wildman–Crippen MR) is 90.3 cm³/mol. The minimum Gasteiger partial charge on any atom is -0.490 e. The Morgan fingerprint density at radius 2 is 1.59 bits per heavy atom. The summed E-state index contributed by atoms with van der Waals surface area (Å²) in [5.41, 5.74) is 1.32. The second kappa shape index (κ2) is 9.50. The molecular formula is C19H30O3. The first-order chi connectivity index (χ1) is 10.5. The van der Waals surface area contributed by atoms with Crippen LogP contribution in [-0.4, -0.2) is 18.7 Å². The van der Waals surface area contributed by atoms with Gasteiger partial charge in [0, 0.05) is 0 Å². The van der Waals surface area contributed by atoms with E-state index in [-0.39, 0.29) is 18.0 Å². The third kappa shape index (κ3) is 5.70. The molecule has 0 bridgehead atoms. The Balaban J connectivity index is 2.43. The van der Waals surface area contributed by atoms with Crippen molar-refractivity contribution in [1.29, 1.82) is 0 Å². The molecule has 0 heterocycles. The summed E-state index contributed by atoms with van der Waals surface area (Å²) in [6, 6.07) is 8.17. The largest absolute Gasteiger partial charge is 0.490 e. The van der Waals surface area contributed by atoms with Crippen LogP contribution in [0, 0.1) is 5.92 Å². The van der Waals surface area contributed by atoms with Gasteiger partial charge in [-0.3, -0.25) is 4.79 Å². The van der Waals surface area contributed by atoms with Crippen molar-refractivity contribution in [3.8, 4) is 5.75 Å². The fourth-order valence-corrected chi connectivity index (χ4v) is 2.29. The van der Waals surface area contributed by atoms with Gasteiger partial charge in [0.25, 0.3) is 0 Å². The van der Waals surface area contributed by atoms with E-state index in [9.17, 15) is 4.79 Å². The van der Waals surface area contributed by atoms with E-state index in [2.05, 4.69) is 26.0 Å². The van der Waals surface area contributed by atoms with Crippen molar-refractivity contribution in [2.75, 3.05) is 6.61 Å². The number of rotatable bonds is 9. The predicted octanol–water partition coefficient (Wildman–Crippen LogP) is 4.95. The fraction of sp³-hybridized carbons (Fsp3) is 0.632. The van der Waals surface area contributed by atoms with Gasteiger partial charge in [-0.1, -0.05) is 39.8 Å². The van der Waals surface area contributed by atoms with E-state index < -0.39 is 0 Å². The number of hydrogen-bond donors (Lipinski definition) is 0. The van der Waals surface area contributed by atoms with Crippen LogP contribution in [0.4, 0.5) is 0 Å². The molecule has 3 heteroatoms. The summed E-state index contributed by atoms with van der Waals surface area (Å²) >= 11 is 0. The number of ether oxygens (including phenoxy) is 2. The Hall–Kier alpha value is -1.51. The lowest BCUT2D eigenvalue weighted by Crippen LogP contribution is -2.26. The van der Waals surface area contributed by atoms with Gasteiger partial charge in [0.15, 0.2) is 0 Å². The first kappa shape index (κ1) is 18.5. The molecule has 0 saturated carbocycles. The molecule has 2 atom stereocenters. The lowest BCUT2D eigenvalue weighted by molar-refractivity contribution is -0.154. The van der Waals surface area contributed by atoms with Crippen LogP contribution < -0.4 is 4.74 Å². The van der Waals surface area contributed by atoms with Gasteiger partial charge in [0.2, 0.25) is 0 Å². The highest BCUT2D eigenvalue weighted by molar-refractivity contribution is 5.72. The van der Waals surface area contributed by atoms with Gasteiger partial charge in [0.05, 0.1) is 5.92 Å². The average molecular weight is 306 g/mol. The SMILES string of the molecule is CCC(CC)C(=O)O[C@@H](C)COc1ccc([C@H](C)CC)cc1. The molecule has 0 aliphatic rings. The first-order valence-electron chi connectivity index (χ1n) is 8.44. The molecule has 1 aromatic carbocycles. The van der Waals surface area contributed by atoms with Crippen LogP contribution in [0.5, 0.6) is 5.75 Å². The molecular weight excluding hydrogens is 276 g/mol. The van der Waals surface area contributed by atoms with Crippen molar-refractivity contribution in [2.24, 2.45) is 5.92 Å². The third-order valence-corrected chi connectivity index (χ3v) is 4.18. The molecule has 0 unspecified atom stereocenters. The highest BCUT2D eigenvalue weighted by Gasteiger charge is 2.18. The number of benzene rings is 1. The fourth-order valence-electron chi connectivity index (χ4n) is 2.29. The smallest absolute Gasteiger partial charge is 0.309 e. The van der Waals surface area contributed by atoms with E-state index in [4.69, 9.17) is 9.47 Å². The van der Waals surface area contributed by atoms with Gasteiger partial charge >= 0.3 is 5.97 Å². The number of hydrogen-bond acceptors (Lipinski definition) is 3. The monoisotopic (exact) mass is 306 g/mol. The summed E-state index contributed by atoms with van der Waals surface area (Å²) in [5.74, 6) is 1.26. The Morgan fingerprint density at radius 3 is 2.09 bits per heavy atom. The van der Waals surface area contributed by atoms with Crippen LogP contribution in [0.15, 0.2) is 24.3 Å². The van der Waals surface area contributed by atoms with Gasteiger partial charge in [-0.25, -0.2) is 0 Å². The normalized spacial score (nSPS) is 13.7. The molecule has 1 aromatic rings. The maximum Gasteiger partial charge on any atom is 0.309 e. The Labute approximate surface area is 135 Å². The van der Waals surface area contributed by atoms with Crippen LogP contribution in [0.1, 0.15) is 65.4 Å². The molecule has 0 radical (unpaired) electrons. The molecule has 0 aliphatic heterocycles. The zero-order valence-corrected chi connectivity index (χ0v) is 14.6. The maximum atomic E-state index is 11.9. The summed E-state index contributed by atoms with van der Waals surface area (Å²) in [4.78, 5) is 11.9. The molecule has 0 fully saturated rings. The lowest BCUT2D eigenvalue weighted by Gasteiger charge is -2.18. The second-order valence-corrected chi connectivity index (χ2v) is 5.95. The summed E-state index contributed by atoms with van der Waals surface area (Å²) in [6.07, 6.45) is 2.53. The van der Waals surface area contributed by atoms with Crippen LogP contribution in [0.25, 0.3) is 0 Å². The van der Waals surface area contributed by atoms with Gasteiger partial charge in [0.1, 0.15) is 18.5 Å². The standard InChI is InChI=1S/C19H30O3/c1-6-14(4)17-9-11-18(12-10-17)21-13-15(5)22-19(20)16(7-2)8-3/h9-12,14-16H,6-8,13H2,1-5H3/t14-,15+/m1/s1. The number of esters is 1. The maximum absolute atomic E-state index is 11.9. The Bertz CT molecular complexity index is 434. The third-order valence-electron chi connectivity index (χ3n) is 4.18. The van der Waals surface area contributed by atoms with Crippen molar-refractivity contribution in [2.45, 2.75) is 65.9 Å². The zero-order valence-electron chi connectivity index (χ0n) is 14.6. The van der Waals surface area contributed by atoms with Crippen LogP contribution in [0.3, 0.4) is 0 Å². The zero-order chi connectivity index (χ0) is 16.5. The highest BCUT2D eigenvalue weighted by atomic mass is 16.6. The van der Waals surface area contributed by atoms with Gasteiger partial charge in [-0.05, 0) is 49.8 Å². The van der Waals surface area contributed by atoms with Crippen molar-refractivity contribution in [3.05, 3.63) is 29.8 Å². The summed E-state index contributed by atoms with van der Waals surface area (Å²) in [6.45, 7) is 10.7. The second-order valence-electron chi connectivity index (χ2n) is 5.95. The lowest BCUT2D eigenvalue weighted by atomic mass is 9.99. The van der Waals surface area contributed by atoms with E-state index in [1.165, 1.54) is 5.56 Å². The molecule has 0 saturated heterocycles. The molecule has 0 amide bonds. The minimum atomic E-state index is -0.234. The highest BCUT2D eigenvalue weighted by Crippen LogP contribution is 2.21. The number of carbonyl (C=O) groups excluding carboxylic acids is 1. The molecule has 124 valence electrons. The molecule has 22 heavy (non-hydrogen) atoms. The van der Waals surface area contributed by atoms with Gasteiger partial charge in [-0.2, -0.15) is 0 Å². The molecule has 0 aromatic heterocycles. The van der Waals surface area contributed by atoms with Crippen LogP contribution in [-0.2, 0) is 9.53 Å². The summed E-state index contributed by atoms with van der Waals surface area (Å²) in [5, 5.41) is 0. The molecule has 0 aliphatic carbocycles. The first-order valence-corrected chi connectivity index (χ1v) is 8.44. The van der Waals surface area contributed by atoms with Gasteiger partial charge in [-0.15, -0.1) is 0 Å². The van der Waals surface area contributed by atoms with E-state index in [0.717, 1.165) is 25.0 Å². The van der Waals surface area contributed by atoms with Crippen molar-refractivity contribution < 1.29 is 14.3 Å². The topological polar surface area (TPSA) is 35.5 Å². The summed E-state index contributed by atoms with van der Waals surface area (Å²) in [7, 11) is 0. The van der Waals surface area contributed by atoms with E-state index >= 15 is 0 Å². The van der Waals surface area contributed by atoms with Gasteiger partial charge < -0.3 is 9.47 Å². The van der Waals surface area contributed by atoms with Crippen LogP contribution >= 0.6 is 0 Å². The quantitative estimate of drug-likeness (QED) is 0.606. The molecule has 1 rings (SSSR count). The van der Waals surface area contributed by atoms with E-state index in [1.54, 1.807) is 0 Å². The van der Waals surface area contributed by atoms with Crippen molar-refractivity contribution in [1.82, 2.24) is 0 Å². The molecule has 3 nitrogen and oxygen atoms in total. The van der Waals surface area contributed by atoms with E-state index in [1.807, 2.05) is 32.9 Å².